The van der Waals surface area contributed by atoms with Gasteiger partial charge in [0.25, 0.3) is 0 Å². The molecule has 4 heterocycles. The van der Waals surface area contributed by atoms with Crippen LogP contribution in [0.3, 0.4) is 0 Å². The number of carbonyl (C=O) groups excluding carboxylic acids is 1. The number of aliphatic hydroxyl groups excluding tert-OH is 2. The van der Waals surface area contributed by atoms with Gasteiger partial charge in [0.1, 0.15) is 29.8 Å². The lowest BCUT2D eigenvalue weighted by Gasteiger charge is -2.49. The topological polar surface area (TPSA) is 115 Å². The molecule has 44 heavy (non-hydrogen) atoms. The van der Waals surface area contributed by atoms with Gasteiger partial charge in [-0.3, -0.25) is 4.79 Å². The van der Waals surface area contributed by atoms with Crippen molar-refractivity contribution >= 4 is 5.97 Å². The molecule has 6 aliphatic rings. The highest BCUT2D eigenvalue weighted by Crippen LogP contribution is 2.47. The molecule has 2 saturated heterocycles. The van der Waals surface area contributed by atoms with E-state index in [0.29, 0.717) is 36.3 Å². The fourth-order valence-corrected chi connectivity index (χ4v) is 8.28. The monoisotopic (exact) mass is 610 g/mol. The van der Waals surface area contributed by atoms with Gasteiger partial charge in [-0.25, -0.2) is 0 Å². The van der Waals surface area contributed by atoms with Crippen LogP contribution in [-0.4, -0.2) is 75.9 Å². The predicted octanol–water partition coefficient (Wildman–Crippen LogP) is 4.84. The molecule has 3 fully saturated rings. The maximum absolute atomic E-state index is 14.0. The molecule has 0 aromatic carbocycles. The molecule has 2 aliphatic carbocycles. The van der Waals surface area contributed by atoms with E-state index in [-0.39, 0.29) is 30.7 Å². The van der Waals surface area contributed by atoms with Crippen LogP contribution in [0, 0.1) is 23.7 Å². The Morgan fingerprint density at radius 1 is 0.932 bits per heavy atom. The first-order valence-electron chi connectivity index (χ1n) is 16.7. The summed E-state index contributed by atoms with van der Waals surface area (Å²) in [5.74, 6) is -2.11. The summed E-state index contributed by atoms with van der Waals surface area (Å²) in [5, 5.41) is 34.2. The van der Waals surface area contributed by atoms with Gasteiger partial charge >= 0.3 is 5.97 Å². The summed E-state index contributed by atoms with van der Waals surface area (Å²) in [5.41, 5.74) is 0.134. The zero-order chi connectivity index (χ0) is 31.2. The zero-order valence-electron chi connectivity index (χ0n) is 26.6. The minimum Gasteiger partial charge on any atom is -0.462 e. The second-order valence-electron chi connectivity index (χ2n) is 14.2. The number of ether oxygens (including phenoxy) is 4. The first-order chi connectivity index (χ1) is 21.0. The van der Waals surface area contributed by atoms with E-state index in [1.165, 1.54) is 19.3 Å². The highest BCUT2D eigenvalue weighted by molar-refractivity contribution is 5.78. The van der Waals surface area contributed by atoms with Crippen LogP contribution in [0.25, 0.3) is 0 Å². The van der Waals surface area contributed by atoms with Gasteiger partial charge in [-0.05, 0) is 61.8 Å². The number of rotatable bonds is 1. The van der Waals surface area contributed by atoms with E-state index in [0.717, 1.165) is 18.4 Å². The van der Waals surface area contributed by atoms with Crippen molar-refractivity contribution in [2.45, 2.75) is 127 Å². The Morgan fingerprint density at radius 2 is 1.70 bits per heavy atom. The summed E-state index contributed by atoms with van der Waals surface area (Å²) >= 11 is 0. The Bertz CT molecular complexity index is 1240. The van der Waals surface area contributed by atoms with E-state index in [4.69, 9.17) is 18.9 Å². The fraction of sp³-hybridized carbons (Fsp3) is 0.694. The summed E-state index contributed by atoms with van der Waals surface area (Å²) in [6.07, 6.45) is 17.0. The number of esters is 1. The third kappa shape index (κ3) is 5.94. The maximum Gasteiger partial charge on any atom is 0.316 e. The summed E-state index contributed by atoms with van der Waals surface area (Å²) in [6, 6.07) is 0. The molecule has 0 amide bonds. The minimum atomic E-state index is -1.76. The van der Waals surface area contributed by atoms with Crippen LogP contribution in [0.2, 0.25) is 0 Å². The van der Waals surface area contributed by atoms with Gasteiger partial charge in [0, 0.05) is 24.7 Å². The molecule has 8 heteroatoms. The van der Waals surface area contributed by atoms with E-state index in [1.54, 1.807) is 25.2 Å². The van der Waals surface area contributed by atoms with Crippen molar-refractivity contribution in [1.29, 1.82) is 0 Å². The number of hydrogen-bond donors (Lipinski definition) is 3. The van der Waals surface area contributed by atoms with Crippen LogP contribution < -0.4 is 0 Å². The number of allylic oxidation sites excluding steroid dienone is 2. The molecule has 8 nitrogen and oxygen atoms in total. The second-order valence-corrected chi connectivity index (χ2v) is 14.2. The molecule has 11 atom stereocenters. The van der Waals surface area contributed by atoms with Gasteiger partial charge in [-0.15, -0.1) is 0 Å². The molecule has 6 rings (SSSR count). The Kier molecular flexibility index (Phi) is 9.14. The van der Waals surface area contributed by atoms with Gasteiger partial charge in [-0.1, -0.05) is 69.6 Å². The van der Waals surface area contributed by atoms with E-state index < -0.39 is 47.7 Å². The maximum atomic E-state index is 14.0. The van der Waals surface area contributed by atoms with Gasteiger partial charge < -0.3 is 34.3 Å². The number of hydrogen-bond acceptors (Lipinski definition) is 8. The summed E-state index contributed by atoms with van der Waals surface area (Å²) in [7, 11) is 0. The molecule has 3 N–H and O–H groups in total. The quantitative estimate of drug-likeness (QED) is 0.286. The third-order valence-corrected chi connectivity index (χ3v) is 11.0. The van der Waals surface area contributed by atoms with Gasteiger partial charge in [-0.2, -0.15) is 0 Å². The Hall–Kier alpha value is -2.07. The summed E-state index contributed by atoms with van der Waals surface area (Å²) in [4.78, 5) is 14.0. The largest absolute Gasteiger partial charge is 0.462 e. The van der Waals surface area contributed by atoms with Crippen molar-refractivity contribution in [3.8, 4) is 0 Å². The smallest absolute Gasteiger partial charge is 0.316 e. The van der Waals surface area contributed by atoms with Crippen LogP contribution in [0.4, 0.5) is 0 Å². The third-order valence-electron chi connectivity index (χ3n) is 11.0. The van der Waals surface area contributed by atoms with Crippen molar-refractivity contribution in [3.63, 3.8) is 0 Å². The van der Waals surface area contributed by atoms with Crippen LogP contribution in [-0.2, 0) is 23.7 Å². The summed E-state index contributed by atoms with van der Waals surface area (Å²) in [6.45, 7) is 7.88. The van der Waals surface area contributed by atoms with Crippen LogP contribution in [0.15, 0.2) is 59.3 Å². The molecule has 0 aromatic rings. The van der Waals surface area contributed by atoms with E-state index in [1.807, 2.05) is 32.1 Å². The van der Waals surface area contributed by atoms with E-state index in [2.05, 4.69) is 13.0 Å². The van der Waals surface area contributed by atoms with Crippen molar-refractivity contribution in [3.05, 3.63) is 59.3 Å². The van der Waals surface area contributed by atoms with Crippen LogP contribution in [0.5, 0.6) is 0 Å². The lowest BCUT2D eigenvalue weighted by molar-refractivity contribution is -0.301. The Labute approximate surface area is 261 Å². The van der Waals surface area contributed by atoms with Crippen LogP contribution in [0.1, 0.15) is 79.1 Å². The summed E-state index contributed by atoms with van der Waals surface area (Å²) < 4.78 is 25.8. The molecule has 0 aromatic heterocycles. The van der Waals surface area contributed by atoms with Gasteiger partial charge in [0.05, 0.1) is 24.9 Å². The highest BCUT2D eigenvalue weighted by atomic mass is 16.7. The molecule has 4 aliphatic heterocycles. The second kappa shape index (κ2) is 12.6. The number of aliphatic hydroxyl groups is 3. The standard InChI is InChI=1S/C36H50O8/c1-21-9-8-12-26-20-41-33-31(38)24(4)17-29(36(26,33)40)34(39)42-28-18-27(14-13-22(2)30(21)37)43-35(19-28)16-15-23(3)32(44-35)25-10-6-5-7-11-25/h8-9,12-13,15-17,21,23,25,27-33,37-38,40H,5-7,10-11,14,18-20H2,1-4H3/t21-,23-,27+,28?,29-,30-,31+,32-,33+,35+,36+/m0/s1. The normalized spacial score (nSPS) is 45.3. The van der Waals surface area contributed by atoms with Crippen molar-refractivity contribution < 1.29 is 39.1 Å². The lowest BCUT2D eigenvalue weighted by atomic mass is 9.71. The lowest BCUT2D eigenvalue weighted by Crippen LogP contribution is -2.58. The number of fused-ring (bicyclic) bond motifs is 2. The Balaban J connectivity index is 1.36. The zero-order valence-corrected chi connectivity index (χ0v) is 26.6. The van der Waals surface area contributed by atoms with E-state index in [9.17, 15) is 20.1 Å². The predicted molar refractivity (Wildman–Crippen MR) is 165 cm³/mol. The molecule has 1 spiro atoms. The molecule has 1 unspecified atom stereocenters. The minimum absolute atomic E-state index is 0.0233. The first kappa shape index (κ1) is 31.9. The van der Waals surface area contributed by atoms with Gasteiger partial charge in [0.2, 0.25) is 0 Å². The molecule has 1 saturated carbocycles. The van der Waals surface area contributed by atoms with Crippen molar-refractivity contribution in [2.24, 2.45) is 23.7 Å². The molecule has 0 radical (unpaired) electrons. The average Bonchev–Trinajstić information content (AvgIpc) is 3.35. The first-order valence-corrected chi connectivity index (χ1v) is 16.7. The van der Waals surface area contributed by atoms with E-state index >= 15 is 0 Å². The molecule has 242 valence electrons. The highest BCUT2D eigenvalue weighted by Gasteiger charge is 2.60. The van der Waals surface area contributed by atoms with Crippen LogP contribution >= 0.6 is 0 Å². The fourth-order valence-electron chi connectivity index (χ4n) is 8.28. The van der Waals surface area contributed by atoms with Gasteiger partial charge in [0.15, 0.2) is 5.79 Å². The van der Waals surface area contributed by atoms with Crippen molar-refractivity contribution in [2.75, 3.05) is 6.61 Å². The molecule has 2 bridgehead atoms. The average molecular weight is 611 g/mol. The number of carbonyl (C=O) groups is 1. The SMILES string of the molecule is CC1=C[C@H]2C(=O)OC3C[C@@H](CC=C(C)[C@@H](O)[C@@H](C)C=CC=C4CO[C@H]([C@@H]1O)[C@@]42O)O[C@@]1(C=C[C@H](C)[C@@H](C2CCCCC2)O1)C3. The Morgan fingerprint density at radius 3 is 2.48 bits per heavy atom. The molecular formula is C36H50O8. The van der Waals surface area contributed by atoms with Crippen molar-refractivity contribution in [1.82, 2.24) is 0 Å². The molecular weight excluding hydrogens is 560 g/mol.